The van der Waals surface area contributed by atoms with Crippen molar-refractivity contribution in [3.8, 4) is 0 Å². The van der Waals surface area contributed by atoms with Crippen LogP contribution in [0, 0.1) is 0 Å². The van der Waals surface area contributed by atoms with Gasteiger partial charge < -0.3 is 9.47 Å². The molecule has 1 aliphatic rings. The standard InChI is InChI=1S/C13H18N2O3S/c1-2-18-13(16)14-19(12-6-4-3-5-7-12)15-8-10-17-11-9-15/h3-7H,2,8-11H2,1H3/t19-/m1/s1. The Morgan fingerprint density at radius 2 is 2.05 bits per heavy atom. The highest BCUT2D eigenvalue weighted by atomic mass is 32.2. The normalized spacial score (nSPS) is 18.2. The van der Waals surface area contributed by atoms with Crippen molar-refractivity contribution in [2.24, 2.45) is 4.36 Å². The van der Waals surface area contributed by atoms with Crippen molar-refractivity contribution in [1.82, 2.24) is 4.31 Å². The molecule has 1 fully saturated rings. The van der Waals surface area contributed by atoms with Crippen LogP contribution in [-0.2, 0) is 20.4 Å². The van der Waals surface area contributed by atoms with E-state index in [4.69, 9.17) is 9.47 Å². The zero-order chi connectivity index (χ0) is 13.5. The van der Waals surface area contributed by atoms with Gasteiger partial charge in [0, 0.05) is 28.9 Å². The first-order valence-corrected chi connectivity index (χ1v) is 7.46. The summed E-state index contributed by atoms with van der Waals surface area (Å²) in [6, 6.07) is 9.84. The summed E-state index contributed by atoms with van der Waals surface area (Å²) in [4.78, 5) is 12.7. The van der Waals surface area contributed by atoms with Gasteiger partial charge in [0.1, 0.15) is 0 Å². The lowest BCUT2D eigenvalue weighted by atomic mass is 10.4. The highest BCUT2D eigenvalue weighted by Gasteiger charge is 2.18. The van der Waals surface area contributed by atoms with Gasteiger partial charge in [-0.2, -0.15) is 0 Å². The molecule has 1 aromatic rings. The number of rotatable bonds is 3. The van der Waals surface area contributed by atoms with Gasteiger partial charge in [-0.3, -0.25) is 0 Å². The fourth-order valence-electron chi connectivity index (χ4n) is 1.74. The second kappa shape index (κ2) is 7.37. The molecule has 1 amide bonds. The smallest absolute Gasteiger partial charge is 0.441 e. The molecule has 0 radical (unpaired) electrons. The number of benzene rings is 1. The SMILES string of the molecule is CCOC(=O)N=[S@@](c1ccccc1)N1CCOCC1. The summed E-state index contributed by atoms with van der Waals surface area (Å²) in [5.41, 5.74) is 0. The van der Waals surface area contributed by atoms with E-state index < -0.39 is 17.0 Å². The average Bonchev–Trinajstić information content (AvgIpc) is 2.47. The Labute approximate surface area is 115 Å². The molecule has 1 heterocycles. The zero-order valence-electron chi connectivity index (χ0n) is 10.9. The molecule has 1 aromatic carbocycles. The number of carbonyl (C=O) groups excluding carboxylic acids is 1. The van der Waals surface area contributed by atoms with Crippen molar-refractivity contribution in [3.05, 3.63) is 30.3 Å². The first kappa shape index (κ1) is 14.2. The third-order valence-electron chi connectivity index (χ3n) is 2.60. The molecule has 2 rings (SSSR count). The third-order valence-corrected chi connectivity index (χ3v) is 4.47. The van der Waals surface area contributed by atoms with E-state index in [1.54, 1.807) is 6.92 Å². The van der Waals surface area contributed by atoms with Gasteiger partial charge in [-0.1, -0.05) is 18.2 Å². The molecule has 0 unspecified atom stereocenters. The van der Waals surface area contributed by atoms with Crippen LogP contribution in [0.4, 0.5) is 4.79 Å². The molecule has 104 valence electrons. The zero-order valence-corrected chi connectivity index (χ0v) is 11.8. The molecule has 6 heteroatoms. The maximum absolute atomic E-state index is 11.6. The maximum Gasteiger partial charge on any atom is 0.441 e. The number of ether oxygens (including phenoxy) is 2. The van der Waals surface area contributed by atoms with Gasteiger partial charge in [-0.05, 0) is 19.1 Å². The lowest BCUT2D eigenvalue weighted by molar-refractivity contribution is 0.0762. The Morgan fingerprint density at radius 1 is 1.37 bits per heavy atom. The molecule has 19 heavy (non-hydrogen) atoms. The molecule has 0 spiro atoms. The Morgan fingerprint density at radius 3 is 2.68 bits per heavy atom. The Bertz CT molecular complexity index is 444. The van der Waals surface area contributed by atoms with Gasteiger partial charge in [0.05, 0.1) is 19.8 Å². The number of carbonyl (C=O) groups is 1. The fourth-order valence-corrected chi connectivity index (χ4v) is 3.35. The lowest BCUT2D eigenvalue weighted by Crippen LogP contribution is -2.37. The molecule has 0 saturated carbocycles. The fraction of sp³-hybridized carbons (Fsp3) is 0.462. The predicted molar refractivity (Wildman–Crippen MR) is 73.9 cm³/mol. The molecule has 0 aromatic heterocycles. The van der Waals surface area contributed by atoms with Crippen molar-refractivity contribution < 1.29 is 14.3 Å². The molecular weight excluding hydrogens is 264 g/mol. The van der Waals surface area contributed by atoms with Crippen LogP contribution in [0.3, 0.4) is 0 Å². The summed E-state index contributed by atoms with van der Waals surface area (Å²) in [5, 5.41) is 0. The van der Waals surface area contributed by atoms with Crippen molar-refractivity contribution in [2.45, 2.75) is 11.8 Å². The molecular formula is C13H18N2O3S. The summed E-state index contributed by atoms with van der Waals surface area (Å²) in [7, 11) is -0.602. The minimum Gasteiger partial charge on any atom is -0.448 e. The predicted octanol–water partition coefficient (Wildman–Crippen LogP) is 2.25. The largest absolute Gasteiger partial charge is 0.448 e. The number of hydrogen-bond donors (Lipinski definition) is 0. The first-order chi connectivity index (χ1) is 9.31. The van der Waals surface area contributed by atoms with Gasteiger partial charge >= 0.3 is 6.09 Å². The monoisotopic (exact) mass is 282 g/mol. The van der Waals surface area contributed by atoms with Crippen LogP contribution in [0.25, 0.3) is 0 Å². The summed E-state index contributed by atoms with van der Waals surface area (Å²) >= 11 is 0. The average molecular weight is 282 g/mol. The lowest BCUT2D eigenvalue weighted by Gasteiger charge is -2.28. The van der Waals surface area contributed by atoms with Crippen LogP contribution < -0.4 is 0 Å². The molecule has 0 bridgehead atoms. The Kier molecular flexibility index (Phi) is 5.50. The van der Waals surface area contributed by atoms with Crippen LogP contribution in [0.15, 0.2) is 39.6 Å². The van der Waals surface area contributed by atoms with E-state index in [2.05, 4.69) is 8.67 Å². The topological polar surface area (TPSA) is 51.1 Å². The van der Waals surface area contributed by atoms with Crippen LogP contribution >= 0.6 is 0 Å². The minimum absolute atomic E-state index is 0.345. The summed E-state index contributed by atoms with van der Waals surface area (Å²) in [6.45, 7) is 5.03. The molecule has 1 saturated heterocycles. The van der Waals surface area contributed by atoms with E-state index in [1.165, 1.54) is 0 Å². The van der Waals surface area contributed by atoms with E-state index in [9.17, 15) is 4.79 Å². The number of morpholine rings is 1. The van der Waals surface area contributed by atoms with Crippen LogP contribution in [-0.4, -0.2) is 43.3 Å². The number of nitrogens with zero attached hydrogens (tertiary/aromatic N) is 2. The molecule has 0 N–H and O–H groups in total. The van der Waals surface area contributed by atoms with Crippen LogP contribution in [0.1, 0.15) is 6.92 Å². The highest BCUT2D eigenvalue weighted by Crippen LogP contribution is 2.15. The van der Waals surface area contributed by atoms with Gasteiger partial charge in [-0.15, -0.1) is 4.36 Å². The molecule has 0 aliphatic carbocycles. The van der Waals surface area contributed by atoms with Gasteiger partial charge in [0.25, 0.3) is 0 Å². The van der Waals surface area contributed by atoms with Crippen LogP contribution in [0.5, 0.6) is 0 Å². The van der Waals surface area contributed by atoms with Crippen molar-refractivity contribution in [3.63, 3.8) is 0 Å². The van der Waals surface area contributed by atoms with E-state index >= 15 is 0 Å². The van der Waals surface area contributed by atoms with E-state index in [-0.39, 0.29) is 0 Å². The van der Waals surface area contributed by atoms with Gasteiger partial charge in [-0.25, -0.2) is 9.10 Å². The van der Waals surface area contributed by atoms with Crippen molar-refractivity contribution >= 4 is 17.0 Å². The van der Waals surface area contributed by atoms with Gasteiger partial charge in [0.2, 0.25) is 0 Å². The summed E-state index contributed by atoms with van der Waals surface area (Å²) in [6.07, 6.45) is -0.499. The van der Waals surface area contributed by atoms with E-state index in [0.29, 0.717) is 19.8 Å². The second-order valence-electron chi connectivity index (χ2n) is 3.91. The second-order valence-corrected chi connectivity index (χ2v) is 5.61. The minimum atomic E-state index is -0.602. The molecule has 1 aliphatic heterocycles. The molecule has 5 nitrogen and oxygen atoms in total. The Balaban J connectivity index is 2.24. The van der Waals surface area contributed by atoms with E-state index in [0.717, 1.165) is 18.0 Å². The first-order valence-electron chi connectivity index (χ1n) is 6.32. The quantitative estimate of drug-likeness (QED) is 0.853. The van der Waals surface area contributed by atoms with E-state index in [1.807, 2.05) is 30.3 Å². The maximum atomic E-state index is 11.6. The van der Waals surface area contributed by atoms with Crippen molar-refractivity contribution in [2.75, 3.05) is 32.9 Å². The Hall–Kier alpha value is -1.24. The summed E-state index contributed by atoms with van der Waals surface area (Å²) in [5.74, 6) is 0. The van der Waals surface area contributed by atoms with Crippen LogP contribution in [0.2, 0.25) is 0 Å². The number of hydrogen-bond acceptors (Lipinski definition) is 3. The third kappa shape index (κ3) is 4.12. The number of amides is 1. The summed E-state index contributed by atoms with van der Waals surface area (Å²) < 4.78 is 16.6. The highest BCUT2D eigenvalue weighted by molar-refractivity contribution is 7.85. The van der Waals surface area contributed by atoms with Gasteiger partial charge in [0.15, 0.2) is 0 Å². The molecule has 1 atom stereocenters. The van der Waals surface area contributed by atoms with Crippen molar-refractivity contribution in [1.29, 1.82) is 0 Å².